The number of hydrogen-bond donors (Lipinski definition) is 1. The largest absolute Gasteiger partial charge is 0.320 e. The summed E-state index contributed by atoms with van der Waals surface area (Å²) in [6.07, 6.45) is 0. The smallest absolute Gasteiger partial charge is 0.0569 e. The number of aryl methyl sites for hydroxylation is 4. The Morgan fingerprint density at radius 2 is 1.47 bits per heavy atom. The Morgan fingerprint density at radius 3 is 2.11 bits per heavy atom. The molecule has 0 heterocycles. The van der Waals surface area contributed by atoms with E-state index in [1.165, 1.54) is 16.7 Å². The molecule has 1 nitrogen and oxygen atoms in total. The van der Waals surface area contributed by atoms with E-state index in [9.17, 15) is 0 Å². The average molecular weight is 274 g/mol. The van der Waals surface area contributed by atoms with Crippen LogP contribution in [-0.4, -0.2) is 0 Å². The minimum absolute atomic E-state index is 0.174. The van der Waals surface area contributed by atoms with E-state index in [4.69, 9.17) is 17.3 Å². The fourth-order valence-electron chi connectivity index (χ4n) is 2.37. The van der Waals surface area contributed by atoms with Crippen LogP contribution in [-0.2, 0) is 0 Å². The van der Waals surface area contributed by atoms with Crippen molar-refractivity contribution in [3.05, 3.63) is 68.7 Å². The van der Waals surface area contributed by atoms with Crippen molar-refractivity contribution in [3.63, 3.8) is 0 Å². The summed E-state index contributed by atoms with van der Waals surface area (Å²) in [6.45, 7) is 8.37. The standard InChI is InChI=1S/C17H20ClN/c1-10-5-6-14(16(18)7-10)17(19)15-9-12(3)11(2)8-13(15)4/h5-9,17H,19H2,1-4H3. The molecule has 2 N–H and O–H groups in total. The molecular formula is C17H20ClN. The number of hydrogen-bond acceptors (Lipinski definition) is 1. The Labute approximate surface area is 120 Å². The zero-order valence-corrected chi connectivity index (χ0v) is 12.7. The molecule has 0 saturated heterocycles. The van der Waals surface area contributed by atoms with E-state index in [1.54, 1.807) is 0 Å². The van der Waals surface area contributed by atoms with Crippen LogP contribution in [0.4, 0.5) is 0 Å². The van der Waals surface area contributed by atoms with Crippen molar-refractivity contribution < 1.29 is 0 Å². The molecule has 0 radical (unpaired) electrons. The predicted molar refractivity (Wildman–Crippen MR) is 82.9 cm³/mol. The minimum Gasteiger partial charge on any atom is -0.320 e. The van der Waals surface area contributed by atoms with Gasteiger partial charge >= 0.3 is 0 Å². The highest BCUT2D eigenvalue weighted by molar-refractivity contribution is 6.31. The summed E-state index contributed by atoms with van der Waals surface area (Å²) in [6, 6.07) is 10.2. The molecule has 0 fully saturated rings. The monoisotopic (exact) mass is 273 g/mol. The maximum absolute atomic E-state index is 6.40. The van der Waals surface area contributed by atoms with Crippen LogP contribution in [0.5, 0.6) is 0 Å². The van der Waals surface area contributed by atoms with Crippen LogP contribution >= 0.6 is 11.6 Å². The van der Waals surface area contributed by atoms with Gasteiger partial charge in [0.05, 0.1) is 6.04 Å². The normalized spacial score (nSPS) is 12.5. The fourth-order valence-corrected chi connectivity index (χ4v) is 2.72. The summed E-state index contributed by atoms with van der Waals surface area (Å²) in [4.78, 5) is 0. The van der Waals surface area contributed by atoms with E-state index in [0.29, 0.717) is 0 Å². The van der Waals surface area contributed by atoms with Gasteiger partial charge in [-0.15, -0.1) is 0 Å². The van der Waals surface area contributed by atoms with Crippen molar-refractivity contribution in [2.45, 2.75) is 33.7 Å². The van der Waals surface area contributed by atoms with Gasteiger partial charge in [0, 0.05) is 5.02 Å². The Balaban J connectivity index is 2.49. The molecule has 0 aliphatic rings. The van der Waals surface area contributed by atoms with E-state index >= 15 is 0 Å². The minimum atomic E-state index is -0.174. The highest BCUT2D eigenvalue weighted by Gasteiger charge is 2.15. The van der Waals surface area contributed by atoms with Gasteiger partial charge in [-0.25, -0.2) is 0 Å². The number of nitrogens with two attached hydrogens (primary N) is 1. The van der Waals surface area contributed by atoms with E-state index in [0.717, 1.165) is 21.7 Å². The third-order valence-electron chi connectivity index (χ3n) is 3.71. The summed E-state index contributed by atoms with van der Waals surface area (Å²) in [7, 11) is 0. The molecule has 0 saturated carbocycles. The zero-order chi connectivity index (χ0) is 14.2. The van der Waals surface area contributed by atoms with E-state index < -0.39 is 0 Å². The molecular weight excluding hydrogens is 254 g/mol. The SMILES string of the molecule is Cc1ccc(C(N)c2cc(C)c(C)cc2C)c(Cl)c1. The molecule has 2 heteroatoms. The van der Waals surface area contributed by atoms with Crippen molar-refractivity contribution in [1.82, 2.24) is 0 Å². The topological polar surface area (TPSA) is 26.0 Å². The number of halogens is 1. The van der Waals surface area contributed by atoms with Gasteiger partial charge in [0.1, 0.15) is 0 Å². The van der Waals surface area contributed by atoms with Gasteiger partial charge in [-0.05, 0) is 67.1 Å². The number of rotatable bonds is 2. The second kappa shape index (κ2) is 5.36. The lowest BCUT2D eigenvalue weighted by Crippen LogP contribution is -2.14. The predicted octanol–water partition coefficient (Wildman–Crippen LogP) is 4.62. The lowest BCUT2D eigenvalue weighted by Gasteiger charge is -2.18. The Morgan fingerprint density at radius 1 is 0.842 bits per heavy atom. The Kier molecular flexibility index (Phi) is 3.98. The molecule has 19 heavy (non-hydrogen) atoms. The quantitative estimate of drug-likeness (QED) is 0.849. The summed E-state index contributed by atoms with van der Waals surface area (Å²) in [5.74, 6) is 0. The van der Waals surface area contributed by atoms with Gasteiger partial charge in [0.15, 0.2) is 0 Å². The Bertz CT molecular complexity index is 617. The van der Waals surface area contributed by atoms with Crippen LogP contribution < -0.4 is 5.73 Å². The molecule has 0 amide bonds. The highest BCUT2D eigenvalue weighted by atomic mass is 35.5. The molecule has 2 aromatic rings. The molecule has 0 aromatic heterocycles. The fraction of sp³-hybridized carbons (Fsp3) is 0.294. The maximum Gasteiger partial charge on any atom is 0.0569 e. The third kappa shape index (κ3) is 2.83. The first-order valence-electron chi connectivity index (χ1n) is 6.49. The van der Waals surface area contributed by atoms with Crippen LogP contribution in [0, 0.1) is 27.7 Å². The molecule has 100 valence electrons. The van der Waals surface area contributed by atoms with Gasteiger partial charge in [-0.3, -0.25) is 0 Å². The molecule has 0 spiro atoms. The second-order valence-corrected chi connectivity index (χ2v) is 5.70. The summed E-state index contributed by atoms with van der Waals surface area (Å²) in [5.41, 5.74) is 13.5. The summed E-state index contributed by atoms with van der Waals surface area (Å²) >= 11 is 6.32. The summed E-state index contributed by atoms with van der Waals surface area (Å²) < 4.78 is 0. The van der Waals surface area contributed by atoms with Crippen molar-refractivity contribution >= 4 is 11.6 Å². The maximum atomic E-state index is 6.40. The van der Waals surface area contributed by atoms with Crippen LogP contribution in [0.1, 0.15) is 39.4 Å². The molecule has 2 aromatic carbocycles. The average Bonchev–Trinajstić information content (AvgIpc) is 2.33. The van der Waals surface area contributed by atoms with Crippen LogP contribution in [0.3, 0.4) is 0 Å². The van der Waals surface area contributed by atoms with Gasteiger partial charge in [0.25, 0.3) is 0 Å². The molecule has 0 aliphatic heterocycles. The van der Waals surface area contributed by atoms with E-state index in [-0.39, 0.29) is 6.04 Å². The molecule has 1 atom stereocenters. The van der Waals surface area contributed by atoms with Crippen molar-refractivity contribution in [2.75, 3.05) is 0 Å². The van der Waals surface area contributed by atoms with Crippen molar-refractivity contribution in [3.8, 4) is 0 Å². The van der Waals surface area contributed by atoms with Gasteiger partial charge in [-0.2, -0.15) is 0 Å². The van der Waals surface area contributed by atoms with E-state index in [2.05, 4.69) is 39.0 Å². The van der Waals surface area contributed by atoms with Crippen molar-refractivity contribution in [1.29, 1.82) is 0 Å². The first kappa shape index (κ1) is 14.1. The Hall–Kier alpha value is -1.31. The third-order valence-corrected chi connectivity index (χ3v) is 4.04. The van der Waals surface area contributed by atoms with Crippen molar-refractivity contribution in [2.24, 2.45) is 5.73 Å². The first-order chi connectivity index (χ1) is 8.90. The van der Waals surface area contributed by atoms with Gasteiger partial charge in [-0.1, -0.05) is 35.9 Å². The molecule has 1 unspecified atom stereocenters. The van der Waals surface area contributed by atoms with Crippen LogP contribution in [0.2, 0.25) is 5.02 Å². The lowest BCUT2D eigenvalue weighted by molar-refractivity contribution is 0.858. The highest BCUT2D eigenvalue weighted by Crippen LogP contribution is 2.30. The molecule has 0 aliphatic carbocycles. The van der Waals surface area contributed by atoms with E-state index in [1.807, 2.05) is 19.1 Å². The lowest BCUT2D eigenvalue weighted by atomic mass is 9.92. The van der Waals surface area contributed by atoms with Crippen LogP contribution in [0.15, 0.2) is 30.3 Å². The summed E-state index contributed by atoms with van der Waals surface area (Å²) in [5, 5.41) is 0.741. The number of benzene rings is 2. The van der Waals surface area contributed by atoms with Gasteiger partial charge < -0.3 is 5.73 Å². The second-order valence-electron chi connectivity index (χ2n) is 5.30. The van der Waals surface area contributed by atoms with Crippen LogP contribution in [0.25, 0.3) is 0 Å². The zero-order valence-electron chi connectivity index (χ0n) is 11.9. The van der Waals surface area contributed by atoms with Gasteiger partial charge in [0.2, 0.25) is 0 Å². The molecule has 2 rings (SSSR count). The molecule has 0 bridgehead atoms. The first-order valence-corrected chi connectivity index (χ1v) is 6.87.